The van der Waals surface area contributed by atoms with E-state index in [1.807, 2.05) is 26.0 Å². The second kappa shape index (κ2) is 29.3. The van der Waals surface area contributed by atoms with Gasteiger partial charge < -0.3 is 62.2 Å². The molecule has 3 heterocycles. The maximum absolute atomic E-state index is 6.69. The van der Waals surface area contributed by atoms with Crippen molar-refractivity contribution in [2.45, 2.75) is 46.2 Å². The van der Waals surface area contributed by atoms with Crippen LogP contribution in [0.1, 0.15) is 29.8 Å². The van der Waals surface area contributed by atoms with Crippen LogP contribution in [0.2, 0.25) is 5.02 Å². The molecule has 2 aromatic heterocycles. The van der Waals surface area contributed by atoms with Crippen molar-refractivity contribution in [2.24, 2.45) is 5.73 Å². The first-order chi connectivity index (χ1) is 30.4. The number of nitrogens with zero attached hydrogens (tertiary/aromatic N) is 4. The lowest BCUT2D eigenvalue weighted by Gasteiger charge is -2.32. The van der Waals surface area contributed by atoms with E-state index >= 15 is 0 Å². The second-order valence-electron chi connectivity index (χ2n) is 14.8. The average Bonchev–Trinajstić information content (AvgIpc) is 3.81. The molecule has 0 aliphatic carbocycles. The van der Waals surface area contributed by atoms with Crippen LogP contribution in [0, 0.1) is 13.8 Å². The first kappa shape index (κ1) is 49.8. The van der Waals surface area contributed by atoms with Gasteiger partial charge in [0.25, 0.3) is 0 Å². The van der Waals surface area contributed by atoms with Crippen LogP contribution in [0.4, 0.5) is 0 Å². The minimum Gasteiger partial charge on any atom is -0.490 e. The number of aryl methyl sites for hydroxylation is 4. The second-order valence-corrected chi connectivity index (χ2v) is 15.2. The van der Waals surface area contributed by atoms with E-state index < -0.39 is 0 Å². The standard InChI is InChI=1S/C45H68ClN5O11/c1-35(50-11-14-53-15-12-50)34-51-42-7-6-39(45-36(2)49-62-37(45)3)33-41(42)48-44(51)9-5-38-4-8-43(40(46)32-38)61-31-30-60-29-28-59-27-26-58-25-24-57-23-22-56-21-20-55-19-18-54-17-16-52-13-10-47/h4,6-8,32-33,35H,5,9-31,34,47H2,1-3H3/t35-/m0/s1. The molecule has 16 nitrogen and oxygen atoms in total. The molecule has 0 bridgehead atoms. The molecule has 0 spiro atoms. The lowest BCUT2D eigenvalue weighted by atomic mass is 10.0. The molecule has 17 heteroatoms. The smallest absolute Gasteiger partial charge is 0.141 e. The van der Waals surface area contributed by atoms with E-state index in [1.165, 1.54) is 0 Å². The van der Waals surface area contributed by atoms with Gasteiger partial charge in [0, 0.05) is 44.2 Å². The van der Waals surface area contributed by atoms with E-state index in [4.69, 9.17) is 74.2 Å². The van der Waals surface area contributed by atoms with Crippen molar-refractivity contribution in [3.05, 3.63) is 64.3 Å². The Morgan fingerprint density at radius 3 is 1.76 bits per heavy atom. The summed E-state index contributed by atoms with van der Waals surface area (Å²) in [5.74, 6) is 2.48. The van der Waals surface area contributed by atoms with Gasteiger partial charge in [-0.3, -0.25) is 4.90 Å². The summed E-state index contributed by atoms with van der Waals surface area (Å²) in [5, 5.41) is 4.74. The van der Waals surface area contributed by atoms with Gasteiger partial charge in [0.15, 0.2) is 0 Å². The van der Waals surface area contributed by atoms with Crippen LogP contribution in [-0.4, -0.2) is 171 Å². The largest absolute Gasteiger partial charge is 0.490 e. The Morgan fingerprint density at radius 2 is 1.24 bits per heavy atom. The third-order valence-corrected chi connectivity index (χ3v) is 10.5. The quantitative estimate of drug-likeness (QED) is 0.0627. The first-order valence-electron chi connectivity index (χ1n) is 21.9. The van der Waals surface area contributed by atoms with Crippen LogP contribution < -0.4 is 10.5 Å². The molecule has 0 radical (unpaired) electrons. The summed E-state index contributed by atoms with van der Waals surface area (Å²) in [7, 11) is 0. The molecular weight excluding hydrogens is 822 g/mol. The molecule has 0 saturated carbocycles. The SMILES string of the molecule is Cc1noc(C)c1-c1ccc2c(c1)nc(CCc1ccc(OCCOCCOCCOCCOCCOCCOCCOCCOCCN)c(Cl)c1)n2C[C@H](C)N1CCOCC1. The number of morpholine rings is 1. The zero-order valence-corrected chi connectivity index (χ0v) is 37.7. The molecule has 1 atom stereocenters. The molecule has 1 saturated heterocycles. The van der Waals surface area contributed by atoms with Gasteiger partial charge in [-0.15, -0.1) is 0 Å². The van der Waals surface area contributed by atoms with Gasteiger partial charge in [-0.25, -0.2) is 4.98 Å². The highest BCUT2D eigenvalue weighted by atomic mass is 35.5. The Kier molecular flexibility index (Phi) is 23.5. The highest BCUT2D eigenvalue weighted by molar-refractivity contribution is 6.32. The van der Waals surface area contributed by atoms with E-state index in [0.29, 0.717) is 136 Å². The molecule has 1 aliphatic heterocycles. The van der Waals surface area contributed by atoms with Gasteiger partial charge in [0.05, 0.1) is 141 Å². The van der Waals surface area contributed by atoms with Gasteiger partial charge in [0.1, 0.15) is 23.9 Å². The van der Waals surface area contributed by atoms with E-state index in [0.717, 1.165) is 90.7 Å². The van der Waals surface area contributed by atoms with Crippen molar-refractivity contribution in [1.29, 1.82) is 0 Å². The monoisotopic (exact) mass is 889 g/mol. The molecule has 62 heavy (non-hydrogen) atoms. The summed E-state index contributed by atoms with van der Waals surface area (Å²) < 4.78 is 63.3. The normalized spacial score (nSPS) is 14.0. The van der Waals surface area contributed by atoms with E-state index in [1.54, 1.807) is 0 Å². The van der Waals surface area contributed by atoms with E-state index in [9.17, 15) is 0 Å². The fraction of sp³-hybridized carbons (Fsp3) is 0.644. The van der Waals surface area contributed by atoms with Crippen molar-refractivity contribution in [1.82, 2.24) is 19.6 Å². The zero-order valence-electron chi connectivity index (χ0n) is 37.0. The van der Waals surface area contributed by atoms with Gasteiger partial charge in [-0.1, -0.05) is 28.9 Å². The summed E-state index contributed by atoms with van der Waals surface area (Å²) >= 11 is 6.69. The molecule has 2 N–H and O–H groups in total. The molecule has 1 aliphatic rings. The number of nitrogens with two attached hydrogens (primary N) is 1. The highest BCUT2D eigenvalue weighted by Gasteiger charge is 2.21. The Balaban J connectivity index is 0.906. The maximum atomic E-state index is 6.69. The summed E-state index contributed by atoms with van der Waals surface area (Å²) in [6.45, 7) is 19.4. The Hall–Kier alpha value is -3.23. The number of fused-ring (bicyclic) bond motifs is 1. The van der Waals surface area contributed by atoms with Crippen molar-refractivity contribution in [2.75, 3.05) is 145 Å². The number of rotatable bonds is 34. The average molecular weight is 891 g/mol. The van der Waals surface area contributed by atoms with Crippen LogP contribution in [0.3, 0.4) is 0 Å². The van der Waals surface area contributed by atoms with Crippen molar-refractivity contribution in [3.8, 4) is 16.9 Å². The van der Waals surface area contributed by atoms with Crippen LogP contribution >= 0.6 is 11.6 Å². The van der Waals surface area contributed by atoms with Gasteiger partial charge in [0.2, 0.25) is 0 Å². The van der Waals surface area contributed by atoms with Crippen LogP contribution in [0.25, 0.3) is 22.2 Å². The number of aromatic nitrogens is 3. The number of halogens is 1. The number of ether oxygens (including phenoxy) is 10. The van der Waals surface area contributed by atoms with Gasteiger partial charge >= 0.3 is 0 Å². The topological polar surface area (TPSA) is 165 Å². The predicted molar refractivity (Wildman–Crippen MR) is 237 cm³/mol. The van der Waals surface area contributed by atoms with E-state index in [-0.39, 0.29) is 0 Å². The number of hydrogen-bond acceptors (Lipinski definition) is 15. The summed E-state index contributed by atoms with van der Waals surface area (Å²) in [5.41, 5.74) is 11.5. The summed E-state index contributed by atoms with van der Waals surface area (Å²) in [4.78, 5) is 7.68. The Labute approximate surface area is 371 Å². The molecule has 0 unspecified atom stereocenters. The third kappa shape index (κ3) is 17.4. The van der Waals surface area contributed by atoms with Crippen molar-refractivity contribution >= 4 is 22.6 Å². The lowest BCUT2D eigenvalue weighted by molar-refractivity contribution is -0.0234. The van der Waals surface area contributed by atoms with Crippen molar-refractivity contribution < 1.29 is 51.9 Å². The number of hydrogen-bond donors (Lipinski definition) is 1. The van der Waals surface area contributed by atoms with Crippen LogP contribution in [0.5, 0.6) is 5.75 Å². The third-order valence-electron chi connectivity index (χ3n) is 10.3. The lowest BCUT2D eigenvalue weighted by Crippen LogP contribution is -2.44. The highest BCUT2D eigenvalue weighted by Crippen LogP contribution is 2.31. The summed E-state index contributed by atoms with van der Waals surface area (Å²) in [6.07, 6.45) is 1.55. The summed E-state index contributed by atoms with van der Waals surface area (Å²) in [6, 6.07) is 12.8. The molecule has 1 fully saturated rings. The van der Waals surface area contributed by atoms with Gasteiger partial charge in [-0.2, -0.15) is 0 Å². The zero-order chi connectivity index (χ0) is 43.6. The minimum atomic E-state index is 0.335. The van der Waals surface area contributed by atoms with E-state index in [2.05, 4.69) is 45.8 Å². The van der Waals surface area contributed by atoms with Crippen LogP contribution in [-0.2, 0) is 62.0 Å². The maximum Gasteiger partial charge on any atom is 0.141 e. The molecular formula is C45H68ClN5O11. The number of imidazole rings is 1. The molecule has 4 aromatic rings. The van der Waals surface area contributed by atoms with Gasteiger partial charge in [-0.05, 0) is 62.6 Å². The fourth-order valence-electron chi connectivity index (χ4n) is 7.03. The Bertz CT molecular complexity index is 1800. The first-order valence-corrected chi connectivity index (χ1v) is 22.3. The molecule has 346 valence electrons. The minimum absolute atomic E-state index is 0.335. The Morgan fingerprint density at radius 1 is 0.694 bits per heavy atom. The number of benzene rings is 2. The molecule has 2 aromatic carbocycles. The molecule has 0 amide bonds. The predicted octanol–water partition coefficient (Wildman–Crippen LogP) is 4.94. The molecule has 5 rings (SSSR count). The fourth-order valence-corrected chi connectivity index (χ4v) is 7.29. The van der Waals surface area contributed by atoms with Crippen LogP contribution in [0.15, 0.2) is 40.9 Å². The van der Waals surface area contributed by atoms with Crippen molar-refractivity contribution in [3.63, 3.8) is 0 Å².